The molecule has 3 rings (SSSR count). The van der Waals surface area contributed by atoms with Gasteiger partial charge in [-0.05, 0) is 43.4 Å². The second kappa shape index (κ2) is 6.66. The molecule has 1 aromatic rings. The second-order valence-corrected chi connectivity index (χ2v) is 6.23. The first-order valence-electron chi connectivity index (χ1n) is 8.11. The summed E-state index contributed by atoms with van der Waals surface area (Å²) >= 11 is 0. The van der Waals surface area contributed by atoms with Crippen molar-refractivity contribution in [2.24, 2.45) is 0 Å². The number of hydrogen-bond acceptors (Lipinski definition) is 3. The standard InChI is InChI=1S/C17H21FN2O3/c18-11-3-6-13-14(10-16(22)19-15(13)9-11)17(23)20(12-4-5-12)7-1-2-8-21/h3,6,9,12,14,21H,1-2,4-5,7-8,10H2,(H,19,22). The summed E-state index contributed by atoms with van der Waals surface area (Å²) in [5.41, 5.74) is 1.08. The molecule has 5 nitrogen and oxygen atoms in total. The molecule has 124 valence electrons. The topological polar surface area (TPSA) is 69.6 Å². The zero-order valence-electron chi connectivity index (χ0n) is 12.9. The number of anilines is 1. The summed E-state index contributed by atoms with van der Waals surface area (Å²) in [5.74, 6) is -1.30. The van der Waals surface area contributed by atoms with Crippen LogP contribution in [0, 0.1) is 5.82 Å². The van der Waals surface area contributed by atoms with E-state index < -0.39 is 11.7 Å². The molecule has 23 heavy (non-hydrogen) atoms. The lowest BCUT2D eigenvalue weighted by Crippen LogP contribution is -2.40. The molecule has 1 aliphatic heterocycles. The zero-order chi connectivity index (χ0) is 16.4. The molecule has 1 aromatic carbocycles. The summed E-state index contributed by atoms with van der Waals surface area (Å²) < 4.78 is 13.4. The van der Waals surface area contributed by atoms with Gasteiger partial charge in [0.1, 0.15) is 5.82 Å². The van der Waals surface area contributed by atoms with Crippen molar-refractivity contribution in [3.05, 3.63) is 29.6 Å². The Morgan fingerprint density at radius 1 is 1.35 bits per heavy atom. The Morgan fingerprint density at radius 2 is 2.13 bits per heavy atom. The van der Waals surface area contributed by atoms with E-state index in [4.69, 9.17) is 5.11 Å². The van der Waals surface area contributed by atoms with Crippen LogP contribution in [0.15, 0.2) is 18.2 Å². The first-order valence-corrected chi connectivity index (χ1v) is 8.11. The lowest BCUT2D eigenvalue weighted by Gasteiger charge is -2.31. The van der Waals surface area contributed by atoms with Crippen molar-refractivity contribution in [2.45, 2.75) is 44.1 Å². The summed E-state index contributed by atoms with van der Waals surface area (Å²) in [7, 11) is 0. The predicted molar refractivity (Wildman–Crippen MR) is 83.4 cm³/mol. The molecular weight excluding hydrogens is 299 g/mol. The summed E-state index contributed by atoms with van der Waals surface area (Å²) in [6.07, 6.45) is 3.47. The third-order valence-corrected chi connectivity index (χ3v) is 4.43. The molecule has 0 saturated heterocycles. The smallest absolute Gasteiger partial charge is 0.230 e. The number of nitrogens with zero attached hydrogens (tertiary/aromatic N) is 1. The lowest BCUT2D eigenvalue weighted by molar-refractivity contribution is -0.135. The highest BCUT2D eigenvalue weighted by Crippen LogP contribution is 2.37. The fourth-order valence-electron chi connectivity index (χ4n) is 3.11. The van der Waals surface area contributed by atoms with Gasteiger partial charge in [-0.25, -0.2) is 4.39 Å². The van der Waals surface area contributed by atoms with Crippen molar-refractivity contribution in [1.82, 2.24) is 4.90 Å². The number of amides is 2. The fourth-order valence-corrected chi connectivity index (χ4v) is 3.11. The number of benzene rings is 1. The van der Waals surface area contributed by atoms with Gasteiger partial charge in [-0.2, -0.15) is 0 Å². The number of carbonyl (C=O) groups is 2. The van der Waals surface area contributed by atoms with Crippen LogP contribution in [-0.2, 0) is 9.59 Å². The quantitative estimate of drug-likeness (QED) is 0.788. The minimum absolute atomic E-state index is 0.0619. The maximum absolute atomic E-state index is 13.4. The van der Waals surface area contributed by atoms with E-state index in [0.717, 1.165) is 19.3 Å². The van der Waals surface area contributed by atoms with Crippen molar-refractivity contribution in [3.8, 4) is 0 Å². The van der Waals surface area contributed by atoms with Crippen LogP contribution in [0.2, 0.25) is 0 Å². The largest absolute Gasteiger partial charge is 0.396 e. The minimum atomic E-state index is -0.547. The maximum atomic E-state index is 13.4. The van der Waals surface area contributed by atoms with Gasteiger partial charge in [0.05, 0.1) is 5.92 Å². The highest BCUT2D eigenvalue weighted by Gasteiger charge is 2.39. The van der Waals surface area contributed by atoms with E-state index >= 15 is 0 Å². The van der Waals surface area contributed by atoms with E-state index in [1.165, 1.54) is 12.1 Å². The Kier molecular flexibility index (Phi) is 4.61. The van der Waals surface area contributed by atoms with E-state index in [2.05, 4.69) is 5.32 Å². The SMILES string of the molecule is O=C1CC(C(=O)N(CCCCO)C2CC2)c2ccc(F)cc2N1. The van der Waals surface area contributed by atoms with Gasteiger partial charge in [-0.1, -0.05) is 6.07 Å². The van der Waals surface area contributed by atoms with Crippen molar-refractivity contribution < 1.29 is 19.1 Å². The molecule has 2 amide bonds. The predicted octanol–water partition coefficient (Wildman–Crippen LogP) is 2.01. The number of aliphatic hydroxyl groups is 1. The van der Waals surface area contributed by atoms with Crippen LogP contribution in [0.4, 0.5) is 10.1 Å². The van der Waals surface area contributed by atoms with Crippen molar-refractivity contribution in [3.63, 3.8) is 0 Å². The van der Waals surface area contributed by atoms with Crippen LogP contribution in [0.25, 0.3) is 0 Å². The van der Waals surface area contributed by atoms with Crippen LogP contribution in [0.5, 0.6) is 0 Å². The molecule has 1 aliphatic carbocycles. The number of rotatable bonds is 6. The molecule has 2 N–H and O–H groups in total. The first-order chi connectivity index (χ1) is 11.1. The molecule has 1 atom stereocenters. The third-order valence-electron chi connectivity index (χ3n) is 4.43. The number of unbranched alkanes of at least 4 members (excludes halogenated alkanes) is 1. The Bertz CT molecular complexity index is 616. The Labute approximate surface area is 134 Å². The van der Waals surface area contributed by atoms with Crippen LogP contribution < -0.4 is 5.32 Å². The molecule has 1 fully saturated rings. The molecule has 6 heteroatoms. The number of halogens is 1. The molecule has 0 bridgehead atoms. The minimum Gasteiger partial charge on any atom is -0.396 e. The number of aliphatic hydroxyl groups excluding tert-OH is 1. The summed E-state index contributed by atoms with van der Waals surface area (Å²) in [6.45, 7) is 0.708. The summed E-state index contributed by atoms with van der Waals surface area (Å²) in [6, 6.07) is 4.42. The maximum Gasteiger partial charge on any atom is 0.230 e. The number of nitrogens with one attached hydrogen (secondary N) is 1. The van der Waals surface area contributed by atoms with Gasteiger partial charge < -0.3 is 15.3 Å². The van der Waals surface area contributed by atoms with Gasteiger partial charge >= 0.3 is 0 Å². The van der Waals surface area contributed by atoms with Crippen molar-refractivity contribution in [1.29, 1.82) is 0 Å². The highest BCUT2D eigenvalue weighted by molar-refractivity contribution is 6.01. The Balaban J connectivity index is 1.82. The molecule has 2 aliphatic rings. The fraction of sp³-hybridized carbons (Fsp3) is 0.529. The normalized spacial score (nSPS) is 19.9. The van der Waals surface area contributed by atoms with Crippen LogP contribution in [0.1, 0.15) is 43.6 Å². The first kappa shape index (κ1) is 15.9. The number of hydrogen-bond donors (Lipinski definition) is 2. The molecule has 0 spiro atoms. The monoisotopic (exact) mass is 320 g/mol. The molecule has 0 aromatic heterocycles. The summed E-state index contributed by atoms with van der Waals surface area (Å²) in [5, 5.41) is 11.6. The van der Waals surface area contributed by atoms with E-state index in [1.54, 1.807) is 6.07 Å². The number of carbonyl (C=O) groups excluding carboxylic acids is 2. The van der Waals surface area contributed by atoms with Crippen LogP contribution in [-0.4, -0.2) is 41.0 Å². The molecule has 1 unspecified atom stereocenters. The average Bonchev–Trinajstić information content (AvgIpc) is 3.34. The van der Waals surface area contributed by atoms with Crippen LogP contribution >= 0.6 is 0 Å². The Hall–Kier alpha value is -1.95. The molecule has 1 saturated carbocycles. The van der Waals surface area contributed by atoms with Crippen LogP contribution in [0.3, 0.4) is 0 Å². The van der Waals surface area contributed by atoms with E-state index in [-0.39, 0.29) is 30.9 Å². The lowest BCUT2D eigenvalue weighted by atomic mass is 9.89. The summed E-state index contributed by atoms with van der Waals surface area (Å²) in [4.78, 5) is 26.7. The van der Waals surface area contributed by atoms with Crippen molar-refractivity contribution in [2.75, 3.05) is 18.5 Å². The second-order valence-electron chi connectivity index (χ2n) is 6.23. The molecular formula is C17H21FN2O3. The van der Waals surface area contributed by atoms with Gasteiger partial charge in [0, 0.05) is 31.3 Å². The zero-order valence-corrected chi connectivity index (χ0v) is 12.9. The van der Waals surface area contributed by atoms with Gasteiger partial charge in [-0.15, -0.1) is 0 Å². The Morgan fingerprint density at radius 3 is 2.83 bits per heavy atom. The number of fused-ring (bicyclic) bond motifs is 1. The van der Waals surface area contributed by atoms with E-state index in [1.807, 2.05) is 4.90 Å². The highest BCUT2D eigenvalue weighted by atomic mass is 19.1. The van der Waals surface area contributed by atoms with Gasteiger partial charge in [-0.3, -0.25) is 9.59 Å². The van der Waals surface area contributed by atoms with Gasteiger partial charge in [0.2, 0.25) is 11.8 Å². The van der Waals surface area contributed by atoms with E-state index in [0.29, 0.717) is 24.2 Å². The van der Waals surface area contributed by atoms with Gasteiger partial charge in [0.25, 0.3) is 0 Å². The van der Waals surface area contributed by atoms with Crippen molar-refractivity contribution >= 4 is 17.5 Å². The third kappa shape index (κ3) is 3.52. The van der Waals surface area contributed by atoms with Gasteiger partial charge in [0.15, 0.2) is 0 Å². The van der Waals surface area contributed by atoms with E-state index in [9.17, 15) is 14.0 Å². The molecule has 0 radical (unpaired) electrons. The molecule has 1 heterocycles. The average molecular weight is 320 g/mol.